The molecule has 144 valence electrons. The predicted octanol–water partition coefficient (Wildman–Crippen LogP) is 3.66. The molecule has 2 heterocycles. The second-order valence-electron chi connectivity index (χ2n) is 6.88. The summed E-state index contributed by atoms with van der Waals surface area (Å²) in [5, 5.41) is 13.8. The number of aromatic hydroxyl groups is 1. The summed E-state index contributed by atoms with van der Waals surface area (Å²) < 4.78 is 11.1. The Morgan fingerprint density at radius 1 is 1.21 bits per heavy atom. The Kier molecular flexibility index (Phi) is 4.77. The fraction of sp³-hybridized carbons (Fsp3) is 0.273. The van der Waals surface area contributed by atoms with Crippen LogP contribution in [0.2, 0.25) is 0 Å². The van der Waals surface area contributed by atoms with Gasteiger partial charge in [-0.2, -0.15) is 0 Å². The molecule has 0 radical (unpaired) electrons. The molecule has 1 aliphatic rings. The molecule has 1 aliphatic heterocycles. The van der Waals surface area contributed by atoms with Crippen LogP contribution < -0.4 is 5.32 Å². The van der Waals surface area contributed by atoms with Gasteiger partial charge in [0.15, 0.2) is 0 Å². The zero-order valence-electron chi connectivity index (χ0n) is 15.5. The molecule has 1 atom stereocenters. The quantitative estimate of drug-likeness (QED) is 0.661. The molecule has 2 aromatic carbocycles. The first-order chi connectivity index (χ1) is 13.6. The summed E-state index contributed by atoms with van der Waals surface area (Å²) in [6.45, 7) is 0.438. The number of furan rings is 1. The number of ether oxygens (including phenoxy) is 1. The molecule has 1 aromatic heterocycles. The number of nitrogens with one attached hydrogen (secondary N) is 1. The van der Waals surface area contributed by atoms with Crippen LogP contribution in [0.25, 0.3) is 22.3 Å². The van der Waals surface area contributed by atoms with Gasteiger partial charge in [-0.25, -0.2) is 0 Å². The number of amides is 1. The highest BCUT2D eigenvalue weighted by Crippen LogP contribution is 2.39. The third-order valence-electron chi connectivity index (χ3n) is 5.22. The molecule has 0 bridgehead atoms. The van der Waals surface area contributed by atoms with Crippen LogP contribution in [0.3, 0.4) is 0 Å². The molecule has 0 aliphatic carbocycles. The van der Waals surface area contributed by atoms with Crippen molar-refractivity contribution in [2.24, 2.45) is 5.92 Å². The van der Waals surface area contributed by atoms with Gasteiger partial charge in [0.25, 0.3) is 5.91 Å². The summed E-state index contributed by atoms with van der Waals surface area (Å²) in [6, 6.07) is 12.6. The number of carbonyl (C=O) groups excluding carboxylic acids is 2. The third kappa shape index (κ3) is 3.11. The Hall–Kier alpha value is -3.28. The van der Waals surface area contributed by atoms with Crippen molar-refractivity contribution in [3.8, 4) is 17.1 Å². The highest BCUT2D eigenvalue weighted by Gasteiger charge is 2.29. The number of hydrogen-bond acceptors (Lipinski definition) is 5. The van der Waals surface area contributed by atoms with Crippen LogP contribution in [-0.4, -0.2) is 30.6 Å². The first-order valence-corrected chi connectivity index (χ1v) is 9.31. The van der Waals surface area contributed by atoms with Gasteiger partial charge >= 0.3 is 5.97 Å². The lowest BCUT2D eigenvalue weighted by molar-refractivity contribution is -0.141. The SMILES string of the molecule is CNC(=O)c1c(-c2ccccc2)oc2ccc(O)c(CCC3CCOC3=O)c12. The Morgan fingerprint density at radius 2 is 2.00 bits per heavy atom. The van der Waals surface area contributed by atoms with Gasteiger partial charge in [0.1, 0.15) is 17.1 Å². The van der Waals surface area contributed by atoms with Crippen molar-refractivity contribution in [2.45, 2.75) is 19.3 Å². The van der Waals surface area contributed by atoms with Crippen molar-refractivity contribution in [1.29, 1.82) is 0 Å². The molecule has 1 saturated heterocycles. The van der Waals surface area contributed by atoms with E-state index in [1.54, 1.807) is 19.2 Å². The Balaban J connectivity index is 1.85. The van der Waals surface area contributed by atoms with E-state index in [0.717, 1.165) is 5.56 Å². The van der Waals surface area contributed by atoms with Crippen LogP contribution in [0.1, 0.15) is 28.8 Å². The van der Waals surface area contributed by atoms with Gasteiger partial charge in [0.05, 0.1) is 18.1 Å². The van der Waals surface area contributed by atoms with Crippen LogP contribution in [0.15, 0.2) is 46.9 Å². The topological polar surface area (TPSA) is 88.8 Å². The lowest BCUT2D eigenvalue weighted by Crippen LogP contribution is -2.18. The van der Waals surface area contributed by atoms with Crippen LogP contribution in [0.5, 0.6) is 5.75 Å². The van der Waals surface area contributed by atoms with Gasteiger partial charge in [0.2, 0.25) is 0 Å². The molecule has 0 saturated carbocycles. The molecule has 1 fully saturated rings. The number of fused-ring (bicyclic) bond motifs is 1. The van der Waals surface area contributed by atoms with E-state index >= 15 is 0 Å². The zero-order valence-corrected chi connectivity index (χ0v) is 15.5. The zero-order chi connectivity index (χ0) is 19.7. The van der Waals surface area contributed by atoms with Gasteiger partial charge in [-0.05, 0) is 31.4 Å². The van der Waals surface area contributed by atoms with Gasteiger partial charge in [0, 0.05) is 23.6 Å². The lowest BCUT2D eigenvalue weighted by Gasteiger charge is -2.10. The van der Waals surface area contributed by atoms with E-state index in [4.69, 9.17) is 9.15 Å². The minimum absolute atomic E-state index is 0.0874. The van der Waals surface area contributed by atoms with E-state index in [-0.39, 0.29) is 23.5 Å². The largest absolute Gasteiger partial charge is 0.508 e. The van der Waals surface area contributed by atoms with Gasteiger partial charge in [-0.15, -0.1) is 0 Å². The second-order valence-corrected chi connectivity index (χ2v) is 6.88. The highest BCUT2D eigenvalue weighted by atomic mass is 16.5. The third-order valence-corrected chi connectivity index (χ3v) is 5.22. The smallest absolute Gasteiger partial charge is 0.309 e. The fourth-order valence-electron chi connectivity index (χ4n) is 3.75. The number of benzene rings is 2. The molecule has 4 rings (SSSR count). The van der Waals surface area contributed by atoms with E-state index in [1.807, 2.05) is 30.3 Å². The summed E-state index contributed by atoms with van der Waals surface area (Å²) >= 11 is 0. The molecular weight excluding hydrogens is 358 g/mol. The molecule has 1 amide bonds. The second kappa shape index (κ2) is 7.38. The molecule has 0 spiro atoms. The number of esters is 1. The van der Waals surface area contributed by atoms with Crippen molar-refractivity contribution in [1.82, 2.24) is 5.32 Å². The van der Waals surface area contributed by atoms with Gasteiger partial charge in [-0.1, -0.05) is 30.3 Å². The molecule has 6 nitrogen and oxygen atoms in total. The highest BCUT2D eigenvalue weighted by molar-refractivity contribution is 6.12. The minimum Gasteiger partial charge on any atom is -0.508 e. The number of phenolic OH excluding ortho intramolecular Hbond substituents is 1. The maximum Gasteiger partial charge on any atom is 0.309 e. The Bertz CT molecular complexity index is 1040. The average Bonchev–Trinajstić information content (AvgIpc) is 3.31. The van der Waals surface area contributed by atoms with E-state index in [9.17, 15) is 14.7 Å². The molecule has 1 unspecified atom stereocenters. The van der Waals surface area contributed by atoms with E-state index in [1.165, 1.54) is 0 Å². The first kappa shape index (κ1) is 18.1. The summed E-state index contributed by atoms with van der Waals surface area (Å²) in [7, 11) is 1.56. The predicted molar refractivity (Wildman–Crippen MR) is 104 cm³/mol. The maximum absolute atomic E-state index is 12.7. The van der Waals surface area contributed by atoms with Crippen LogP contribution >= 0.6 is 0 Å². The van der Waals surface area contributed by atoms with E-state index < -0.39 is 0 Å². The summed E-state index contributed by atoms with van der Waals surface area (Å²) in [5.41, 5.74) is 2.31. The van der Waals surface area contributed by atoms with Gasteiger partial charge < -0.3 is 19.6 Å². The number of phenols is 1. The summed E-state index contributed by atoms with van der Waals surface area (Å²) in [6.07, 6.45) is 1.67. The van der Waals surface area contributed by atoms with Crippen LogP contribution in [-0.2, 0) is 16.0 Å². The standard InChI is InChI=1S/C22H21NO5/c1-23-21(25)19-18-15(8-7-14-11-12-27-22(14)26)16(24)9-10-17(18)28-20(19)13-5-3-2-4-6-13/h2-6,9-10,14,24H,7-8,11-12H2,1H3,(H,23,25). The van der Waals surface area contributed by atoms with Crippen molar-refractivity contribution < 1.29 is 23.8 Å². The average molecular weight is 379 g/mol. The van der Waals surface area contributed by atoms with Crippen molar-refractivity contribution in [3.05, 3.63) is 53.6 Å². The van der Waals surface area contributed by atoms with Crippen LogP contribution in [0.4, 0.5) is 0 Å². The van der Waals surface area contributed by atoms with Crippen molar-refractivity contribution >= 4 is 22.8 Å². The number of aryl methyl sites for hydroxylation is 1. The van der Waals surface area contributed by atoms with Gasteiger partial charge in [-0.3, -0.25) is 9.59 Å². The Labute approximate surface area is 162 Å². The van der Waals surface area contributed by atoms with E-state index in [0.29, 0.717) is 53.7 Å². The van der Waals surface area contributed by atoms with Crippen molar-refractivity contribution in [2.75, 3.05) is 13.7 Å². The number of cyclic esters (lactones) is 1. The van der Waals surface area contributed by atoms with E-state index in [2.05, 4.69) is 5.32 Å². The molecular formula is C22H21NO5. The fourth-order valence-corrected chi connectivity index (χ4v) is 3.75. The van der Waals surface area contributed by atoms with Crippen molar-refractivity contribution in [3.63, 3.8) is 0 Å². The number of hydrogen-bond donors (Lipinski definition) is 2. The van der Waals surface area contributed by atoms with Crippen LogP contribution in [0, 0.1) is 5.92 Å². The monoisotopic (exact) mass is 379 g/mol. The molecule has 28 heavy (non-hydrogen) atoms. The first-order valence-electron chi connectivity index (χ1n) is 9.31. The minimum atomic E-state index is -0.287. The lowest BCUT2D eigenvalue weighted by atomic mass is 9.93. The number of carbonyl (C=O) groups is 2. The summed E-state index contributed by atoms with van der Waals surface area (Å²) in [5.74, 6) is -0.120. The molecule has 2 N–H and O–H groups in total. The normalized spacial score (nSPS) is 16.3. The molecule has 6 heteroatoms. The summed E-state index contributed by atoms with van der Waals surface area (Å²) in [4.78, 5) is 24.5. The molecule has 3 aromatic rings. The maximum atomic E-state index is 12.7. The Morgan fingerprint density at radius 3 is 2.68 bits per heavy atom. The number of rotatable bonds is 5.